The van der Waals surface area contributed by atoms with Crippen LogP contribution in [-0.4, -0.2) is 51.9 Å². The zero-order valence-corrected chi connectivity index (χ0v) is 16.9. The molecule has 1 aromatic heterocycles. The number of halogens is 3. The first-order chi connectivity index (χ1) is 14.4. The molecular weight excluding hydrogens is 417 g/mol. The number of Topliss-reactive ketones (excluding diaryl/α,β-unsaturated/α-hetero) is 1. The van der Waals surface area contributed by atoms with Crippen molar-refractivity contribution in [2.24, 2.45) is 0 Å². The molecule has 1 aliphatic heterocycles. The van der Waals surface area contributed by atoms with Gasteiger partial charge in [-0.1, -0.05) is 12.1 Å². The second kappa shape index (κ2) is 8.01. The van der Waals surface area contributed by atoms with Crippen LogP contribution in [0.2, 0.25) is 0 Å². The topological polar surface area (TPSA) is 85.7 Å². The number of esters is 1. The van der Waals surface area contributed by atoms with Crippen LogP contribution in [0.3, 0.4) is 0 Å². The fraction of sp³-hybridized carbons (Fsp3) is 0.333. The van der Waals surface area contributed by atoms with E-state index in [2.05, 4.69) is 0 Å². The number of aryl methyl sites for hydroxylation is 1. The van der Waals surface area contributed by atoms with Gasteiger partial charge in [-0.3, -0.25) is 19.3 Å². The lowest BCUT2D eigenvalue weighted by Gasteiger charge is -2.20. The van der Waals surface area contributed by atoms with Crippen molar-refractivity contribution in [1.29, 1.82) is 0 Å². The minimum absolute atomic E-state index is 0.00272. The third kappa shape index (κ3) is 4.23. The van der Waals surface area contributed by atoms with E-state index in [1.807, 2.05) is 0 Å². The molecule has 2 heterocycles. The predicted octanol–water partition coefficient (Wildman–Crippen LogP) is 3.08. The predicted molar refractivity (Wildman–Crippen MR) is 102 cm³/mol. The Labute approximate surface area is 175 Å². The van der Waals surface area contributed by atoms with Crippen LogP contribution in [0.4, 0.5) is 13.2 Å². The molecule has 0 N–H and O–H groups in total. The molecule has 0 fully saturated rings. The van der Waals surface area contributed by atoms with Gasteiger partial charge in [0.2, 0.25) is 5.78 Å². The summed E-state index contributed by atoms with van der Waals surface area (Å²) in [6.45, 7) is 2.13. The summed E-state index contributed by atoms with van der Waals surface area (Å²) < 4.78 is 44.1. The maximum Gasteiger partial charge on any atom is 0.406 e. The average molecular weight is 436 g/mol. The maximum atomic E-state index is 12.7. The normalized spacial score (nSPS) is 14.6. The van der Waals surface area contributed by atoms with Gasteiger partial charge in [-0.2, -0.15) is 13.2 Å². The van der Waals surface area contributed by atoms with E-state index >= 15 is 0 Å². The number of ether oxygens (including phenoxy) is 1. The molecule has 0 saturated carbocycles. The average Bonchev–Trinajstić information content (AvgIpc) is 3.12. The number of amides is 2. The Kier molecular flexibility index (Phi) is 5.75. The quantitative estimate of drug-likeness (QED) is 0.395. The maximum absolute atomic E-state index is 12.7. The minimum Gasteiger partial charge on any atom is -0.456 e. The van der Waals surface area contributed by atoms with Crippen LogP contribution in [0, 0.1) is 13.8 Å². The number of nitrogens with zero attached hydrogens (tertiary/aromatic N) is 2. The zero-order chi connectivity index (χ0) is 23.1. The van der Waals surface area contributed by atoms with Crippen LogP contribution in [-0.2, 0) is 16.1 Å². The molecule has 7 nitrogen and oxygen atoms in total. The largest absolute Gasteiger partial charge is 0.456 e. The third-order valence-electron chi connectivity index (χ3n) is 5.11. The Hall–Kier alpha value is -3.43. The lowest BCUT2D eigenvalue weighted by molar-refractivity contribution is -0.146. The molecule has 164 valence electrons. The zero-order valence-electron chi connectivity index (χ0n) is 16.9. The fourth-order valence-electron chi connectivity index (χ4n) is 3.51. The summed E-state index contributed by atoms with van der Waals surface area (Å²) in [6.07, 6.45) is -4.46. The van der Waals surface area contributed by atoms with E-state index in [-0.39, 0.29) is 28.1 Å². The number of benzene rings is 1. The first kappa shape index (κ1) is 22.3. The highest BCUT2D eigenvalue weighted by Gasteiger charge is 2.41. The summed E-state index contributed by atoms with van der Waals surface area (Å²) in [7, 11) is 0. The summed E-state index contributed by atoms with van der Waals surface area (Å²) in [5.74, 6) is -2.96. The third-order valence-corrected chi connectivity index (χ3v) is 5.11. The molecule has 2 aromatic rings. The van der Waals surface area contributed by atoms with Crippen molar-refractivity contribution >= 4 is 23.6 Å². The Morgan fingerprint density at radius 3 is 2.13 bits per heavy atom. The van der Waals surface area contributed by atoms with Gasteiger partial charge in [-0.15, -0.1) is 0 Å². The van der Waals surface area contributed by atoms with E-state index in [9.17, 15) is 32.3 Å². The monoisotopic (exact) mass is 436 g/mol. The van der Waals surface area contributed by atoms with Gasteiger partial charge < -0.3 is 9.30 Å². The Morgan fingerprint density at radius 2 is 1.61 bits per heavy atom. The SMILES string of the molecule is Cc1cc(C(=O)COC(=O)C(C)N2C(=O)c3ccccc3C2=O)c(C)n1CC(F)(F)F. The lowest BCUT2D eigenvalue weighted by Crippen LogP contribution is -2.44. The fourth-order valence-corrected chi connectivity index (χ4v) is 3.51. The highest BCUT2D eigenvalue weighted by Crippen LogP contribution is 2.25. The van der Waals surface area contributed by atoms with Crippen LogP contribution in [0.15, 0.2) is 30.3 Å². The second-order valence-electron chi connectivity index (χ2n) is 7.22. The number of hydrogen-bond acceptors (Lipinski definition) is 5. The molecule has 0 aliphatic carbocycles. The first-order valence-corrected chi connectivity index (χ1v) is 9.32. The summed E-state index contributed by atoms with van der Waals surface area (Å²) >= 11 is 0. The van der Waals surface area contributed by atoms with Gasteiger partial charge in [0.15, 0.2) is 6.61 Å². The van der Waals surface area contributed by atoms with Crippen LogP contribution >= 0.6 is 0 Å². The number of aromatic nitrogens is 1. The van der Waals surface area contributed by atoms with Crippen LogP contribution < -0.4 is 0 Å². The van der Waals surface area contributed by atoms with Crippen molar-refractivity contribution in [3.63, 3.8) is 0 Å². The van der Waals surface area contributed by atoms with Gasteiger partial charge in [-0.25, -0.2) is 4.79 Å². The molecule has 10 heteroatoms. The molecule has 1 aromatic carbocycles. The van der Waals surface area contributed by atoms with Crippen LogP contribution in [0.5, 0.6) is 0 Å². The van der Waals surface area contributed by atoms with Gasteiger partial charge >= 0.3 is 12.1 Å². The van der Waals surface area contributed by atoms with Gasteiger partial charge in [0.1, 0.15) is 12.6 Å². The summed E-state index contributed by atoms with van der Waals surface area (Å²) in [4.78, 5) is 50.5. The number of rotatable bonds is 6. The van der Waals surface area contributed by atoms with Gasteiger partial charge in [0, 0.05) is 17.0 Å². The number of fused-ring (bicyclic) bond motifs is 1. The van der Waals surface area contributed by atoms with Crippen molar-refractivity contribution in [2.45, 2.75) is 39.5 Å². The Bertz CT molecular complexity index is 1050. The highest BCUT2D eigenvalue weighted by atomic mass is 19.4. The molecule has 0 bridgehead atoms. The van der Waals surface area contributed by atoms with Crippen molar-refractivity contribution in [2.75, 3.05) is 6.61 Å². The second-order valence-corrected chi connectivity index (χ2v) is 7.22. The molecule has 3 rings (SSSR count). The van der Waals surface area contributed by atoms with Gasteiger partial charge in [0.05, 0.1) is 11.1 Å². The van der Waals surface area contributed by atoms with E-state index in [1.54, 1.807) is 12.1 Å². The first-order valence-electron chi connectivity index (χ1n) is 9.32. The molecular formula is C21H19F3N2O5. The summed E-state index contributed by atoms with van der Waals surface area (Å²) in [5, 5.41) is 0. The molecule has 1 unspecified atom stereocenters. The van der Waals surface area contributed by atoms with Crippen LogP contribution in [0.1, 0.15) is 49.4 Å². The summed E-state index contributed by atoms with van der Waals surface area (Å²) in [5.41, 5.74) is 0.678. The van der Waals surface area contributed by atoms with E-state index in [0.29, 0.717) is 0 Å². The van der Waals surface area contributed by atoms with Crippen molar-refractivity contribution in [3.05, 3.63) is 58.4 Å². The number of ketones is 1. The molecule has 1 atom stereocenters. The van der Waals surface area contributed by atoms with Gasteiger partial charge in [0.25, 0.3) is 11.8 Å². The van der Waals surface area contributed by atoms with E-state index in [0.717, 1.165) is 9.47 Å². The van der Waals surface area contributed by atoms with Crippen molar-refractivity contribution < 1.29 is 37.1 Å². The summed E-state index contributed by atoms with van der Waals surface area (Å²) in [6, 6.07) is 6.12. The standard InChI is InChI=1S/C21H19F3N2O5/c1-11-8-16(12(2)25(11)10-21(22,23)24)17(27)9-31-20(30)13(3)26-18(28)14-6-4-5-7-15(14)19(26)29/h4-8,13H,9-10H2,1-3H3. The molecule has 0 spiro atoms. The van der Waals surface area contributed by atoms with Gasteiger partial charge in [-0.05, 0) is 39.0 Å². The molecule has 2 amide bonds. The molecule has 0 saturated heterocycles. The Morgan fingerprint density at radius 1 is 1.06 bits per heavy atom. The van der Waals surface area contributed by atoms with Crippen molar-refractivity contribution in [3.8, 4) is 0 Å². The van der Waals surface area contributed by atoms with E-state index in [1.165, 1.54) is 39.0 Å². The number of carbonyl (C=O) groups excluding carboxylic acids is 4. The van der Waals surface area contributed by atoms with Crippen LogP contribution in [0.25, 0.3) is 0 Å². The number of alkyl halides is 3. The smallest absolute Gasteiger partial charge is 0.406 e. The number of hydrogen-bond donors (Lipinski definition) is 0. The molecule has 1 aliphatic rings. The number of carbonyl (C=O) groups is 4. The highest BCUT2D eigenvalue weighted by molar-refractivity contribution is 6.22. The molecule has 0 radical (unpaired) electrons. The molecule has 31 heavy (non-hydrogen) atoms. The number of imide groups is 1. The van der Waals surface area contributed by atoms with E-state index in [4.69, 9.17) is 4.74 Å². The Balaban J connectivity index is 1.68. The van der Waals surface area contributed by atoms with Crippen molar-refractivity contribution in [1.82, 2.24) is 9.47 Å². The van der Waals surface area contributed by atoms with E-state index < -0.39 is 48.9 Å². The minimum atomic E-state index is -4.46. The lowest BCUT2D eigenvalue weighted by atomic mass is 10.1.